The number of aryl methyl sites for hydroxylation is 1. The molecule has 0 amide bonds. The van der Waals surface area contributed by atoms with E-state index in [1.54, 1.807) is 0 Å². The van der Waals surface area contributed by atoms with Crippen molar-refractivity contribution in [2.24, 2.45) is 13.0 Å². The molecule has 1 aromatic heterocycles. The Labute approximate surface area is 89.8 Å². The van der Waals surface area contributed by atoms with Crippen LogP contribution in [0.4, 0.5) is 0 Å². The van der Waals surface area contributed by atoms with Crippen molar-refractivity contribution in [2.45, 2.75) is 25.5 Å². The van der Waals surface area contributed by atoms with Gasteiger partial charge in [-0.15, -0.1) is 5.10 Å². The van der Waals surface area contributed by atoms with Crippen LogP contribution in [0.5, 0.6) is 0 Å². The van der Waals surface area contributed by atoms with Crippen molar-refractivity contribution in [3.05, 3.63) is 11.9 Å². The molecule has 1 aromatic rings. The second-order valence-electron chi connectivity index (χ2n) is 4.08. The first-order chi connectivity index (χ1) is 7.24. The number of hydrogen-bond acceptors (Lipinski definition) is 4. The van der Waals surface area contributed by atoms with Crippen LogP contribution in [0.1, 0.15) is 25.1 Å². The van der Waals surface area contributed by atoms with Gasteiger partial charge in [0, 0.05) is 19.6 Å². The minimum atomic E-state index is 0.280. The standard InChI is InChI=1S/C10H18N4O/c1-7-8(4-5-15-7)10(11-2)9-6-12-13-14(9)3/h6-8,10-11H,4-5H2,1-3H3. The molecule has 0 aromatic carbocycles. The summed E-state index contributed by atoms with van der Waals surface area (Å²) in [5, 5.41) is 11.2. The highest BCUT2D eigenvalue weighted by Gasteiger charge is 2.33. The molecule has 5 heteroatoms. The molecule has 0 saturated carbocycles. The first-order valence-corrected chi connectivity index (χ1v) is 5.37. The van der Waals surface area contributed by atoms with Crippen LogP contribution in [0.15, 0.2) is 6.20 Å². The van der Waals surface area contributed by atoms with Gasteiger partial charge < -0.3 is 10.1 Å². The zero-order valence-corrected chi connectivity index (χ0v) is 9.47. The van der Waals surface area contributed by atoms with Gasteiger partial charge in [-0.2, -0.15) is 0 Å². The van der Waals surface area contributed by atoms with E-state index in [0.29, 0.717) is 12.0 Å². The Hall–Kier alpha value is -0.940. The van der Waals surface area contributed by atoms with Gasteiger partial charge in [-0.1, -0.05) is 5.21 Å². The minimum absolute atomic E-state index is 0.280. The molecule has 2 heterocycles. The molecule has 0 radical (unpaired) electrons. The van der Waals surface area contributed by atoms with E-state index in [0.717, 1.165) is 18.7 Å². The first kappa shape index (κ1) is 10.6. The lowest BCUT2D eigenvalue weighted by Gasteiger charge is -2.24. The fourth-order valence-corrected chi connectivity index (χ4v) is 2.35. The lowest BCUT2D eigenvalue weighted by atomic mass is 9.91. The van der Waals surface area contributed by atoms with E-state index in [1.165, 1.54) is 0 Å². The van der Waals surface area contributed by atoms with E-state index in [1.807, 2.05) is 25.0 Å². The summed E-state index contributed by atoms with van der Waals surface area (Å²) >= 11 is 0. The summed E-state index contributed by atoms with van der Waals surface area (Å²) < 4.78 is 7.42. The van der Waals surface area contributed by atoms with Crippen molar-refractivity contribution in [3.8, 4) is 0 Å². The molecule has 84 valence electrons. The van der Waals surface area contributed by atoms with Gasteiger partial charge in [0.2, 0.25) is 0 Å². The third kappa shape index (κ3) is 1.89. The Morgan fingerprint density at radius 2 is 2.47 bits per heavy atom. The van der Waals surface area contributed by atoms with E-state index >= 15 is 0 Å². The van der Waals surface area contributed by atoms with Crippen molar-refractivity contribution < 1.29 is 4.74 Å². The van der Waals surface area contributed by atoms with Crippen molar-refractivity contribution in [1.82, 2.24) is 20.3 Å². The summed E-state index contributed by atoms with van der Waals surface area (Å²) in [4.78, 5) is 0. The van der Waals surface area contributed by atoms with Crippen LogP contribution in [-0.2, 0) is 11.8 Å². The zero-order valence-electron chi connectivity index (χ0n) is 9.47. The van der Waals surface area contributed by atoms with Gasteiger partial charge in [0.15, 0.2) is 0 Å². The first-order valence-electron chi connectivity index (χ1n) is 5.37. The van der Waals surface area contributed by atoms with Gasteiger partial charge in [-0.25, -0.2) is 0 Å². The number of hydrogen-bond donors (Lipinski definition) is 1. The smallest absolute Gasteiger partial charge is 0.0756 e. The second-order valence-corrected chi connectivity index (χ2v) is 4.08. The molecule has 1 N–H and O–H groups in total. The van der Waals surface area contributed by atoms with Gasteiger partial charge in [0.1, 0.15) is 0 Å². The monoisotopic (exact) mass is 210 g/mol. The second kappa shape index (κ2) is 4.28. The molecule has 0 bridgehead atoms. The third-order valence-corrected chi connectivity index (χ3v) is 3.24. The average molecular weight is 210 g/mol. The van der Waals surface area contributed by atoms with Crippen molar-refractivity contribution >= 4 is 0 Å². The van der Waals surface area contributed by atoms with Crippen LogP contribution in [0.25, 0.3) is 0 Å². The van der Waals surface area contributed by atoms with Crippen LogP contribution in [-0.4, -0.2) is 34.8 Å². The van der Waals surface area contributed by atoms with Crippen LogP contribution < -0.4 is 5.32 Å². The van der Waals surface area contributed by atoms with Crippen molar-refractivity contribution in [3.63, 3.8) is 0 Å². The maximum absolute atomic E-state index is 5.60. The van der Waals surface area contributed by atoms with Gasteiger partial charge in [-0.05, 0) is 20.4 Å². The molecular weight excluding hydrogens is 192 g/mol. The molecule has 5 nitrogen and oxygen atoms in total. The quantitative estimate of drug-likeness (QED) is 0.789. The molecule has 1 aliphatic heterocycles. The summed E-state index contributed by atoms with van der Waals surface area (Å²) in [5.74, 6) is 0.507. The van der Waals surface area contributed by atoms with E-state index in [4.69, 9.17) is 4.74 Å². The fraction of sp³-hybridized carbons (Fsp3) is 0.800. The van der Waals surface area contributed by atoms with Crippen LogP contribution in [0.2, 0.25) is 0 Å². The van der Waals surface area contributed by atoms with Gasteiger partial charge in [-0.3, -0.25) is 4.68 Å². The minimum Gasteiger partial charge on any atom is -0.378 e. The highest BCUT2D eigenvalue weighted by molar-refractivity contribution is 5.05. The highest BCUT2D eigenvalue weighted by Crippen LogP contribution is 2.32. The normalized spacial score (nSPS) is 28.2. The summed E-state index contributed by atoms with van der Waals surface area (Å²) in [5.41, 5.74) is 1.12. The van der Waals surface area contributed by atoms with Gasteiger partial charge in [0.25, 0.3) is 0 Å². The number of nitrogens with zero attached hydrogens (tertiary/aromatic N) is 3. The molecule has 3 atom stereocenters. The lowest BCUT2D eigenvalue weighted by molar-refractivity contribution is 0.0954. The highest BCUT2D eigenvalue weighted by atomic mass is 16.5. The van der Waals surface area contributed by atoms with Gasteiger partial charge >= 0.3 is 0 Å². The maximum atomic E-state index is 5.60. The van der Waals surface area contributed by atoms with E-state index in [9.17, 15) is 0 Å². The Morgan fingerprint density at radius 1 is 1.67 bits per heavy atom. The summed E-state index contributed by atoms with van der Waals surface area (Å²) in [6, 6.07) is 0.280. The molecule has 3 unspecified atom stereocenters. The summed E-state index contributed by atoms with van der Waals surface area (Å²) in [7, 11) is 3.90. The van der Waals surface area contributed by atoms with E-state index in [-0.39, 0.29) is 6.04 Å². The van der Waals surface area contributed by atoms with Crippen molar-refractivity contribution in [1.29, 1.82) is 0 Å². The van der Waals surface area contributed by atoms with E-state index in [2.05, 4.69) is 22.6 Å². The summed E-state index contributed by atoms with van der Waals surface area (Å²) in [6.45, 7) is 2.99. The number of nitrogens with one attached hydrogen (secondary N) is 1. The zero-order chi connectivity index (χ0) is 10.8. The molecule has 0 spiro atoms. The van der Waals surface area contributed by atoms with Crippen LogP contribution in [0, 0.1) is 5.92 Å². The Kier molecular flexibility index (Phi) is 3.02. The Morgan fingerprint density at radius 3 is 2.93 bits per heavy atom. The molecule has 15 heavy (non-hydrogen) atoms. The van der Waals surface area contributed by atoms with E-state index < -0.39 is 0 Å². The molecule has 1 aliphatic rings. The largest absolute Gasteiger partial charge is 0.378 e. The van der Waals surface area contributed by atoms with Gasteiger partial charge in [0.05, 0.1) is 24.0 Å². The number of rotatable bonds is 3. The van der Waals surface area contributed by atoms with Crippen LogP contribution in [0.3, 0.4) is 0 Å². The third-order valence-electron chi connectivity index (χ3n) is 3.24. The average Bonchev–Trinajstić information content (AvgIpc) is 2.80. The molecular formula is C10H18N4O. The van der Waals surface area contributed by atoms with Crippen molar-refractivity contribution in [2.75, 3.05) is 13.7 Å². The predicted molar refractivity (Wildman–Crippen MR) is 56.3 cm³/mol. The molecule has 0 aliphatic carbocycles. The number of ether oxygens (including phenoxy) is 1. The molecule has 1 fully saturated rings. The fourth-order valence-electron chi connectivity index (χ4n) is 2.35. The SMILES string of the molecule is CNC(c1cnnn1C)C1CCOC1C. The molecule has 2 rings (SSSR count). The summed E-state index contributed by atoms with van der Waals surface area (Å²) in [6.07, 6.45) is 3.22. The van der Waals surface area contributed by atoms with Crippen LogP contribution >= 0.6 is 0 Å². The maximum Gasteiger partial charge on any atom is 0.0756 e. The number of aromatic nitrogens is 3. The Bertz CT molecular complexity index is 325. The molecule has 1 saturated heterocycles. The predicted octanol–water partition coefficient (Wildman–Crippen LogP) is 0.501. The lowest BCUT2D eigenvalue weighted by Crippen LogP contribution is -2.31. The topological polar surface area (TPSA) is 52.0 Å². The Balaban J connectivity index is 2.20.